The number of carbonyl (C=O) groups excluding carboxylic acids is 2. The molecule has 1 amide bonds. The van der Waals surface area contributed by atoms with Gasteiger partial charge in [-0.05, 0) is 28.1 Å². The SMILES string of the molecule is CC(C)(C)C(=O)c1cc2c(cc1Br)NC(=O)CO2. The lowest BCUT2D eigenvalue weighted by Crippen LogP contribution is -2.26. The number of Topliss-reactive ketones (excluding diaryl/α,β-unsaturated/α-hetero) is 1. The van der Waals surface area contributed by atoms with E-state index in [9.17, 15) is 9.59 Å². The molecule has 1 N–H and O–H groups in total. The Hall–Kier alpha value is -1.36. The number of carbonyl (C=O) groups is 2. The Morgan fingerprint density at radius 2 is 2.06 bits per heavy atom. The number of ketones is 1. The summed E-state index contributed by atoms with van der Waals surface area (Å²) in [6, 6.07) is 3.37. The van der Waals surface area contributed by atoms with E-state index in [1.54, 1.807) is 12.1 Å². The van der Waals surface area contributed by atoms with Crippen molar-refractivity contribution in [1.82, 2.24) is 0 Å². The summed E-state index contributed by atoms with van der Waals surface area (Å²) in [5.74, 6) is 0.368. The molecule has 0 aromatic heterocycles. The molecule has 18 heavy (non-hydrogen) atoms. The molecule has 1 aliphatic heterocycles. The van der Waals surface area contributed by atoms with Crippen LogP contribution in [0.25, 0.3) is 0 Å². The third-order valence-electron chi connectivity index (χ3n) is 2.63. The predicted molar refractivity (Wildman–Crippen MR) is 72.1 cm³/mol. The Labute approximate surface area is 114 Å². The zero-order valence-electron chi connectivity index (χ0n) is 10.5. The minimum absolute atomic E-state index is 0.0161. The van der Waals surface area contributed by atoms with Crippen molar-refractivity contribution in [1.29, 1.82) is 0 Å². The number of ether oxygens (including phenoxy) is 1. The van der Waals surface area contributed by atoms with Crippen LogP contribution in [0, 0.1) is 5.41 Å². The molecule has 0 unspecified atom stereocenters. The summed E-state index contributed by atoms with van der Waals surface area (Å²) < 4.78 is 5.97. The molecule has 0 fully saturated rings. The van der Waals surface area contributed by atoms with E-state index in [0.29, 0.717) is 21.5 Å². The highest BCUT2D eigenvalue weighted by atomic mass is 79.9. The van der Waals surface area contributed by atoms with Gasteiger partial charge in [0.05, 0.1) is 5.69 Å². The van der Waals surface area contributed by atoms with Gasteiger partial charge in [-0.1, -0.05) is 20.8 Å². The van der Waals surface area contributed by atoms with Crippen LogP contribution in [0.1, 0.15) is 31.1 Å². The van der Waals surface area contributed by atoms with Crippen LogP contribution in [0.3, 0.4) is 0 Å². The second-order valence-electron chi connectivity index (χ2n) is 5.24. The zero-order chi connectivity index (χ0) is 13.5. The normalized spacial score (nSPS) is 14.6. The Balaban J connectivity index is 2.46. The zero-order valence-corrected chi connectivity index (χ0v) is 12.1. The van der Waals surface area contributed by atoms with E-state index in [2.05, 4.69) is 21.2 Å². The molecule has 2 rings (SSSR count). The maximum atomic E-state index is 12.3. The number of rotatable bonds is 1. The molecule has 0 spiro atoms. The largest absolute Gasteiger partial charge is 0.482 e. The number of amides is 1. The van der Waals surface area contributed by atoms with Crippen molar-refractivity contribution in [3.8, 4) is 5.75 Å². The first-order valence-corrected chi connectivity index (χ1v) is 6.39. The molecule has 0 aliphatic carbocycles. The summed E-state index contributed by atoms with van der Waals surface area (Å²) >= 11 is 3.36. The van der Waals surface area contributed by atoms with Crippen molar-refractivity contribution in [2.24, 2.45) is 5.41 Å². The lowest BCUT2D eigenvalue weighted by molar-refractivity contribution is -0.118. The third-order valence-corrected chi connectivity index (χ3v) is 3.28. The van der Waals surface area contributed by atoms with Gasteiger partial charge < -0.3 is 10.1 Å². The summed E-state index contributed by atoms with van der Waals surface area (Å²) in [5.41, 5.74) is 0.690. The number of fused-ring (bicyclic) bond motifs is 1. The average molecular weight is 312 g/mol. The van der Waals surface area contributed by atoms with Crippen molar-refractivity contribution >= 4 is 33.3 Å². The minimum Gasteiger partial charge on any atom is -0.482 e. The quantitative estimate of drug-likeness (QED) is 0.811. The fourth-order valence-corrected chi connectivity index (χ4v) is 2.20. The number of anilines is 1. The Morgan fingerprint density at radius 1 is 1.39 bits per heavy atom. The van der Waals surface area contributed by atoms with Crippen LogP contribution >= 0.6 is 15.9 Å². The molecule has 96 valence electrons. The van der Waals surface area contributed by atoms with Crippen LogP contribution in [-0.2, 0) is 4.79 Å². The van der Waals surface area contributed by atoms with Gasteiger partial charge in [0.2, 0.25) is 0 Å². The van der Waals surface area contributed by atoms with E-state index in [4.69, 9.17) is 4.74 Å². The fraction of sp³-hybridized carbons (Fsp3) is 0.385. The molecule has 5 heteroatoms. The monoisotopic (exact) mass is 311 g/mol. The first-order valence-electron chi connectivity index (χ1n) is 5.60. The standard InChI is InChI=1S/C13H14BrNO3/c1-13(2,3)12(17)7-4-10-9(5-8(7)14)15-11(16)6-18-10/h4-5H,6H2,1-3H3,(H,15,16). The highest BCUT2D eigenvalue weighted by molar-refractivity contribution is 9.10. The first kappa shape index (κ1) is 13.1. The molecule has 1 aromatic carbocycles. The molecule has 1 heterocycles. The summed E-state index contributed by atoms with van der Waals surface area (Å²) in [5, 5.41) is 2.70. The van der Waals surface area contributed by atoms with Crippen molar-refractivity contribution in [3.05, 3.63) is 22.2 Å². The number of hydrogen-bond donors (Lipinski definition) is 1. The Kier molecular flexibility index (Phi) is 3.19. The van der Waals surface area contributed by atoms with Gasteiger partial charge in [-0.3, -0.25) is 9.59 Å². The molecule has 4 nitrogen and oxygen atoms in total. The molecule has 0 bridgehead atoms. The van der Waals surface area contributed by atoms with E-state index in [-0.39, 0.29) is 18.3 Å². The highest BCUT2D eigenvalue weighted by Crippen LogP contribution is 2.36. The van der Waals surface area contributed by atoms with Crippen molar-refractivity contribution in [2.75, 3.05) is 11.9 Å². The van der Waals surface area contributed by atoms with E-state index in [1.165, 1.54) is 0 Å². The third kappa shape index (κ3) is 2.41. The predicted octanol–water partition coefficient (Wildman–Crippen LogP) is 3.01. The Bertz CT molecular complexity index is 532. The topological polar surface area (TPSA) is 55.4 Å². The number of benzene rings is 1. The van der Waals surface area contributed by atoms with Crippen molar-refractivity contribution in [2.45, 2.75) is 20.8 Å². The molecule has 0 radical (unpaired) electrons. The first-order chi connectivity index (χ1) is 8.29. The molecule has 1 aromatic rings. The lowest BCUT2D eigenvalue weighted by atomic mass is 9.86. The van der Waals surface area contributed by atoms with Gasteiger partial charge in [-0.2, -0.15) is 0 Å². The number of halogens is 1. The summed E-state index contributed by atoms with van der Waals surface area (Å²) in [6.07, 6.45) is 0. The molecular weight excluding hydrogens is 298 g/mol. The van der Waals surface area contributed by atoms with Gasteiger partial charge in [0, 0.05) is 15.5 Å². The van der Waals surface area contributed by atoms with E-state index in [0.717, 1.165) is 0 Å². The fourth-order valence-electron chi connectivity index (χ4n) is 1.68. The number of nitrogens with one attached hydrogen (secondary N) is 1. The van der Waals surface area contributed by atoms with Crippen LogP contribution in [0.5, 0.6) is 5.75 Å². The van der Waals surface area contributed by atoms with Crippen LogP contribution < -0.4 is 10.1 Å². The van der Waals surface area contributed by atoms with Gasteiger partial charge in [-0.25, -0.2) is 0 Å². The van der Waals surface area contributed by atoms with Gasteiger partial charge in [0.1, 0.15) is 5.75 Å². The summed E-state index contributed by atoms with van der Waals surface area (Å²) in [6.45, 7) is 5.58. The van der Waals surface area contributed by atoms with E-state index >= 15 is 0 Å². The van der Waals surface area contributed by atoms with E-state index in [1.807, 2.05) is 20.8 Å². The smallest absolute Gasteiger partial charge is 0.262 e. The Morgan fingerprint density at radius 3 is 2.67 bits per heavy atom. The van der Waals surface area contributed by atoms with Crippen molar-refractivity contribution < 1.29 is 14.3 Å². The van der Waals surface area contributed by atoms with Gasteiger partial charge in [0.15, 0.2) is 12.4 Å². The molecular formula is C13H14BrNO3. The maximum absolute atomic E-state index is 12.3. The lowest BCUT2D eigenvalue weighted by Gasteiger charge is -2.22. The average Bonchev–Trinajstić information content (AvgIpc) is 2.25. The highest BCUT2D eigenvalue weighted by Gasteiger charge is 2.27. The summed E-state index contributed by atoms with van der Waals surface area (Å²) in [7, 11) is 0. The van der Waals surface area contributed by atoms with Crippen LogP contribution in [0.15, 0.2) is 16.6 Å². The van der Waals surface area contributed by atoms with Crippen LogP contribution in [-0.4, -0.2) is 18.3 Å². The van der Waals surface area contributed by atoms with E-state index < -0.39 is 5.41 Å². The maximum Gasteiger partial charge on any atom is 0.262 e. The molecule has 1 aliphatic rings. The number of hydrogen-bond acceptors (Lipinski definition) is 3. The molecule has 0 atom stereocenters. The van der Waals surface area contributed by atoms with Crippen molar-refractivity contribution in [3.63, 3.8) is 0 Å². The van der Waals surface area contributed by atoms with Gasteiger partial charge in [0.25, 0.3) is 5.91 Å². The van der Waals surface area contributed by atoms with Crippen LogP contribution in [0.4, 0.5) is 5.69 Å². The van der Waals surface area contributed by atoms with Crippen LogP contribution in [0.2, 0.25) is 0 Å². The van der Waals surface area contributed by atoms with Gasteiger partial charge in [-0.15, -0.1) is 0 Å². The second-order valence-corrected chi connectivity index (χ2v) is 6.10. The minimum atomic E-state index is -0.464. The second kappa shape index (κ2) is 4.39. The molecule has 0 saturated carbocycles. The molecule has 0 saturated heterocycles. The van der Waals surface area contributed by atoms with Gasteiger partial charge >= 0.3 is 0 Å². The summed E-state index contributed by atoms with van der Waals surface area (Å²) in [4.78, 5) is 23.5.